The monoisotopic (exact) mass is 247 g/mol. The van der Waals surface area contributed by atoms with Gasteiger partial charge in [-0.05, 0) is 26.7 Å². The van der Waals surface area contributed by atoms with Crippen LogP contribution < -0.4 is 0 Å². The minimum absolute atomic E-state index is 0.0284. The molecule has 1 saturated carbocycles. The van der Waals surface area contributed by atoms with E-state index in [1.165, 1.54) is 12.8 Å². The first-order chi connectivity index (χ1) is 7.53. The van der Waals surface area contributed by atoms with Crippen molar-refractivity contribution in [1.82, 2.24) is 4.90 Å². The van der Waals surface area contributed by atoms with Gasteiger partial charge in [0, 0.05) is 18.5 Å². The maximum absolute atomic E-state index is 12.3. The molecular weight excluding hydrogens is 226 g/mol. The van der Waals surface area contributed by atoms with E-state index in [-0.39, 0.29) is 12.5 Å². The lowest BCUT2D eigenvalue weighted by atomic mass is 9.93. The second-order valence-electron chi connectivity index (χ2n) is 5.18. The molecule has 4 heteroatoms. The first-order valence-corrected chi connectivity index (χ1v) is 6.54. The molecule has 0 heterocycles. The van der Waals surface area contributed by atoms with Crippen LogP contribution in [-0.2, 0) is 4.79 Å². The first kappa shape index (κ1) is 13.8. The van der Waals surface area contributed by atoms with Crippen LogP contribution in [0.25, 0.3) is 0 Å². The van der Waals surface area contributed by atoms with Crippen LogP contribution in [0.1, 0.15) is 39.5 Å². The molecule has 0 unspecified atom stereocenters. The van der Waals surface area contributed by atoms with Gasteiger partial charge in [0.05, 0.1) is 12.0 Å². The largest absolute Gasteiger partial charge is 0.395 e. The molecule has 0 saturated heterocycles. The lowest BCUT2D eigenvalue weighted by Crippen LogP contribution is -2.47. The second kappa shape index (κ2) is 5.87. The summed E-state index contributed by atoms with van der Waals surface area (Å²) >= 11 is 5.83. The summed E-state index contributed by atoms with van der Waals surface area (Å²) in [6.45, 7) is 4.19. The summed E-state index contributed by atoms with van der Waals surface area (Å²) in [6, 6.07) is 0.308. The normalized spacial score (nSPS) is 17.8. The van der Waals surface area contributed by atoms with Crippen LogP contribution in [0.4, 0.5) is 0 Å². The van der Waals surface area contributed by atoms with E-state index < -0.39 is 5.41 Å². The minimum atomic E-state index is -0.528. The summed E-state index contributed by atoms with van der Waals surface area (Å²) in [7, 11) is 0. The Morgan fingerprint density at radius 1 is 1.44 bits per heavy atom. The Hall–Kier alpha value is -0.280. The van der Waals surface area contributed by atoms with Crippen LogP contribution in [0.3, 0.4) is 0 Å². The lowest BCUT2D eigenvalue weighted by Gasteiger charge is -2.34. The van der Waals surface area contributed by atoms with Crippen molar-refractivity contribution in [1.29, 1.82) is 0 Å². The number of alkyl halides is 1. The number of hydrogen-bond acceptors (Lipinski definition) is 2. The average Bonchev–Trinajstić information content (AvgIpc) is 2.78. The second-order valence-corrected chi connectivity index (χ2v) is 5.45. The van der Waals surface area contributed by atoms with Gasteiger partial charge in [0.1, 0.15) is 0 Å². The molecule has 0 atom stereocenters. The number of aliphatic hydroxyl groups is 1. The zero-order chi connectivity index (χ0) is 12.2. The molecular formula is C12H22ClNO2. The van der Waals surface area contributed by atoms with Gasteiger partial charge in [-0.25, -0.2) is 0 Å². The lowest BCUT2D eigenvalue weighted by molar-refractivity contribution is -0.142. The predicted octanol–water partition coefficient (Wildman–Crippen LogP) is 2.01. The number of rotatable bonds is 5. The van der Waals surface area contributed by atoms with Gasteiger partial charge in [0.25, 0.3) is 0 Å². The molecule has 1 amide bonds. The van der Waals surface area contributed by atoms with Gasteiger partial charge in [-0.2, -0.15) is 0 Å². The van der Waals surface area contributed by atoms with E-state index in [0.717, 1.165) is 12.8 Å². The number of nitrogens with zero attached hydrogens (tertiary/aromatic N) is 1. The molecule has 0 aromatic carbocycles. The van der Waals surface area contributed by atoms with Gasteiger partial charge < -0.3 is 10.0 Å². The maximum Gasteiger partial charge on any atom is 0.229 e. The van der Waals surface area contributed by atoms with E-state index in [4.69, 9.17) is 16.7 Å². The Balaban J connectivity index is 2.72. The van der Waals surface area contributed by atoms with Crippen molar-refractivity contribution in [2.75, 3.05) is 19.0 Å². The number of hydrogen-bond donors (Lipinski definition) is 1. The Morgan fingerprint density at radius 3 is 2.44 bits per heavy atom. The molecule has 0 aromatic heterocycles. The van der Waals surface area contributed by atoms with Crippen LogP contribution in [-0.4, -0.2) is 41.0 Å². The molecule has 3 nitrogen and oxygen atoms in total. The predicted molar refractivity (Wildman–Crippen MR) is 65.6 cm³/mol. The standard InChI is InChI=1S/C12H22ClNO2/c1-12(2,9-13)11(16)14(7-8-15)10-5-3-4-6-10/h10,15H,3-9H2,1-2H3. The highest BCUT2D eigenvalue weighted by atomic mass is 35.5. The molecule has 1 N–H and O–H groups in total. The highest BCUT2D eigenvalue weighted by molar-refractivity contribution is 6.19. The summed E-state index contributed by atoms with van der Waals surface area (Å²) in [5, 5.41) is 9.06. The Kier molecular flexibility index (Phi) is 5.06. The molecule has 94 valence electrons. The molecule has 1 rings (SSSR count). The fourth-order valence-corrected chi connectivity index (χ4v) is 2.33. The molecule has 0 aromatic rings. The van der Waals surface area contributed by atoms with E-state index in [9.17, 15) is 4.79 Å². The summed E-state index contributed by atoms with van der Waals surface area (Å²) in [5.74, 6) is 0.393. The summed E-state index contributed by atoms with van der Waals surface area (Å²) < 4.78 is 0. The van der Waals surface area contributed by atoms with E-state index in [0.29, 0.717) is 18.5 Å². The molecule has 1 fully saturated rings. The van der Waals surface area contributed by atoms with Crippen molar-refractivity contribution in [3.8, 4) is 0 Å². The van der Waals surface area contributed by atoms with E-state index in [1.807, 2.05) is 18.7 Å². The van der Waals surface area contributed by atoms with Crippen molar-refractivity contribution < 1.29 is 9.90 Å². The number of aliphatic hydroxyl groups excluding tert-OH is 1. The zero-order valence-electron chi connectivity index (χ0n) is 10.2. The summed E-state index contributed by atoms with van der Waals surface area (Å²) in [4.78, 5) is 14.1. The average molecular weight is 248 g/mol. The third-order valence-electron chi connectivity index (χ3n) is 3.28. The Bertz CT molecular complexity index is 237. The van der Waals surface area contributed by atoms with Gasteiger partial charge in [0.15, 0.2) is 0 Å². The molecule has 1 aliphatic carbocycles. The highest BCUT2D eigenvalue weighted by Gasteiger charge is 2.35. The van der Waals surface area contributed by atoms with Crippen molar-refractivity contribution in [3.63, 3.8) is 0 Å². The van der Waals surface area contributed by atoms with Crippen molar-refractivity contribution in [2.24, 2.45) is 5.41 Å². The van der Waals surface area contributed by atoms with Crippen LogP contribution in [0.2, 0.25) is 0 Å². The van der Waals surface area contributed by atoms with E-state index in [2.05, 4.69) is 0 Å². The van der Waals surface area contributed by atoms with Gasteiger partial charge in [-0.1, -0.05) is 12.8 Å². The van der Waals surface area contributed by atoms with Crippen LogP contribution in [0.5, 0.6) is 0 Å². The van der Waals surface area contributed by atoms with E-state index >= 15 is 0 Å². The smallest absolute Gasteiger partial charge is 0.229 e. The fourth-order valence-electron chi connectivity index (χ4n) is 2.22. The summed E-state index contributed by atoms with van der Waals surface area (Å²) in [5.41, 5.74) is -0.528. The third-order valence-corrected chi connectivity index (χ3v) is 3.95. The number of carbonyl (C=O) groups is 1. The molecule has 16 heavy (non-hydrogen) atoms. The molecule has 0 radical (unpaired) electrons. The van der Waals surface area contributed by atoms with Crippen molar-refractivity contribution in [3.05, 3.63) is 0 Å². The highest BCUT2D eigenvalue weighted by Crippen LogP contribution is 2.28. The van der Waals surface area contributed by atoms with Gasteiger partial charge in [-0.15, -0.1) is 11.6 Å². The van der Waals surface area contributed by atoms with Gasteiger partial charge in [0.2, 0.25) is 5.91 Å². The summed E-state index contributed by atoms with van der Waals surface area (Å²) in [6.07, 6.45) is 4.48. The van der Waals surface area contributed by atoms with Crippen molar-refractivity contribution >= 4 is 17.5 Å². The topological polar surface area (TPSA) is 40.5 Å². The SMILES string of the molecule is CC(C)(CCl)C(=O)N(CCO)C1CCCC1. The zero-order valence-corrected chi connectivity index (χ0v) is 11.0. The quantitative estimate of drug-likeness (QED) is 0.755. The number of halogens is 1. The van der Waals surface area contributed by atoms with Crippen LogP contribution >= 0.6 is 11.6 Å². The third kappa shape index (κ3) is 3.11. The van der Waals surface area contributed by atoms with Gasteiger partial charge >= 0.3 is 0 Å². The Morgan fingerprint density at radius 2 is 2.00 bits per heavy atom. The molecule has 0 spiro atoms. The van der Waals surface area contributed by atoms with Crippen LogP contribution in [0, 0.1) is 5.41 Å². The molecule has 1 aliphatic rings. The van der Waals surface area contributed by atoms with Gasteiger partial charge in [-0.3, -0.25) is 4.79 Å². The number of amides is 1. The first-order valence-electron chi connectivity index (χ1n) is 6.01. The molecule has 0 bridgehead atoms. The Labute approximate surface area is 103 Å². The fraction of sp³-hybridized carbons (Fsp3) is 0.917. The minimum Gasteiger partial charge on any atom is -0.395 e. The number of carbonyl (C=O) groups excluding carboxylic acids is 1. The van der Waals surface area contributed by atoms with Crippen molar-refractivity contribution in [2.45, 2.75) is 45.6 Å². The molecule has 0 aliphatic heterocycles. The van der Waals surface area contributed by atoms with E-state index in [1.54, 1.807) is 0 Å². The maximum atomic E-state index is 12.3. The van der Waals surface area contributed by atoms with Crippen LogP contribution in [0.15, 0.2) is 0 Å².